The Morgan fingerprint density at radius 3 is 2.76 bits per heavy atom. The van der Waals surface area contributed by atoms with Crippen molar-refractivity contribution >= 4 is 16.9 Å². The smallest absolute Gasteiger partial charge is 0.251 e. The monoisotopic (exact) mass is 337 g/mol. The standard InChI is InChI=1S/C20H23N3O2/c1-13(2)23-14(3)22-18-10-15(8-9-19(18)23)12-21-20(24)16-6-5-7-17(11-16)25-4/h5-11,13H,12H2,1-4H3,(H,21,24). The van der Waals surface area contributed by atoms with Gasteiger partial charge in [-0.05, 0) is 56.7 Å². The SMILES string of the molecule is COc1cccc(C(=O)NCc2ccc3c(c2)nc(C)n3C(C)C)c1. The van der Waals surface area contributed by atoms with Crippen molar-refractivity contribution in [1.29, 1.82) is 0 Å². The van der Waals surface area contributed by atoms with E-state index in [1.54, 1.807) is 25.3 Å². The number of methoxy groups -OCH3 is 1. The van der Waals surface area contributed by atoms with E-state index in [4.69, 9.17) is 4.74 Å². The van der Waals surface area contributed by atoms with E-state index < -0.39 is 0 Å². The fourth-order valence-corrected chi connectivity index (χ4v) is 3.08. The Morgan fingerprint density at radius 2 is 2.04 bits per heavy atom. The van der Waals surface area contributed by atoms with Crippen molar-refractivity contribution in [3.8, 4) is 5.75 Å². The molecule has 0 atom stereocenters. The van der Waals surface area contributed by atoms with Crippen molar-refractivity contribution in [2.45, 2.75) is 33.4 Å². The number of nitrogens with one attached hydrogen (secondary N) is 1. The van der Waals surface area contributed by atoms with Crippen LogP contribution >= 0.6 is 0 Å². The maximum atomic E-state index is 12.3. The summed E-state index contributed by atoms with van der Waals surface area (Å²) in [5.41, 5.74) is 3.69. The third kappa shape index (κ3) is 3.50. The second kappa shape index (κ2) is 6.97. The second-order valence-corrected chi connectivity index (χ2v) is 6.36. The van der Waals surface area contributed by atoms with Crippen LogP contribution in [0.15, 0.2) is 42.5 Å². The molecule has 0 saturated heterocycles. The molecule has 0 bridgehead atoms. The van der Waals surface area contributed by atoms with Crippen molar-refractivity contribution in [2.75, 3.05) is 7.11 Å². The first kappa shape index (κ1) is 17.0. The molecule has 130 valence electrons. The molecule has 0 aliphatic carbocycles. The van der Waals surface area contributed by atoms with E-state index in [-0.39, 0.29) is 5.91 Å². The van der Waals surface area contributed by atoms with Gasteiger partial charge in [-0.3, -0.25) is 4.79 Å². The van der Waals surface area contributed by atoms with Crippen LogP contribution in [-0.2, 0) is 6.54 Å². The molecule has 0 spiro atoms. The summed E-state index contributed by atoms with van der Waals surface area (Å²) in [6, 6.07) is 13.6. The molecule has 0 aliphatic rings. The normalized spacial score (nSPS) is 11.1. The van der Waals surface area contributed by atoms with Gasteiger partial charge in [-0.1, -0.05) is 12.1 Å². The van der Waals surface area contributed by atoms with Crippen LogP contribution in [0.1, 0.15) is 41.6 Å². The summed E-state index contributed by atoms with van der Waals surface area (Å²) in [7, 11) is 1.59. The molecule has 5 nitrogen and oxygen atoms in total. The molecule has 3 aromatic rings. The minimum Gasteiger partial charge on any atom is -0.497 e. The van der Waals surface area contributed by atoms with Crippen molar-refractivity contribution < 1.29 is 9.53 Å². The molecular weight excluding hydrogens is 314 g/mol. The van der Waals surface area contributed by atoms with E-state index in [0.29, 0.717) is 23.9 Å². The number of amides is 1. The van der Waals surface area contributed by atoms with E-state index in [0.717, 1.165) is 22.4 Å². The van der Waals surface area contributed by atoms with E-state index in [9.17, 15) is 4.79 Å². The van der Waals surface area contributed by atoms with Crippen LogP contribution in [-0.4, -0.2) is 22.6 Å². The van der Waals surface area contributed by atoms with Gasteiger partial charge in [-0.25, -0.2) is 4.98 Å². The highest BCUT2D eigenvalue weighted by molar-refractivity contribution is 5.94. The summed E-state index contributed by atoms with van der Waals surface area (Å²) in [6.45, 7) is 6.77. The minimum atomic E-state index is -0.122. The van der Waals surface area contributed by atoms with Gasteiger partial charge in [0.1, 0.15) is 11.6 Å². The zero-order valence-electron chi connectivity index (χ0n) is 15.0. The zero-order chi connectivity index (χ0) is 18.0. The second-order valence-electron chi connectivity index (χ2n) is 6.36. The highest BCUT2D eigenvalue weighted by atomic mass is 16.5. The van der Waals surface area contributed by atoms with Gasteiger partial charge in [0.05, 0.1) is 18.1 Å². The fourth-order valence-electron chi connectivity index (χ4n) is 3.08. The summed E-state index contributed by atoms with van der Waals surface area (Å²) < 4.78 is 7.37. The third-order valence-corrected chi connectivity index (χ3v) is 4.23. The van der Waals surface area contributed by atoms with Crippen LogP contribution in [0.5, 0.6) is 5.75 Å². The van der Waals surface area contributed by atoms with Crippen LogP contribution in [0, 0.1) is 6.92 Å². The van der Waals surface area contributed by atoms with Gasteiger partial charge in [0.15, 0.2) is 0 Å². The summed E-state index contributed by atoms with van der Waals surface area (Å²) >= 11 is 0. The maximum absolute atomic E-state index is 12.3. The molecule has 0 fully saturated rings. The number of carbonyl (C=O) groups is 1. The topological polar surface area (TPSA) is 56.1 Å². The molecule has 1 amide bonds. The van der Waals surface area contributed by atoms with Gasteiger partial charge in [-0.15, -0.1) is 0 Å². The lowest BCUT2D eigenvalue weighted by molar-refractivity contribution is 0.0950. The lowest BCUT2D eigenvalue weighted by atomic mass is 10.1. The number of hydrogen-bond donors (Lipinski definition) is 1. The number of aryl methyl sites for hydroxylation is 1. The van der Waals surface area contributed by atoms with Crippen molar-refractivity contribution in [2.24, 2.45) is 0 Å². The molecule has 0 saturated carbocycles. The summed E-state index contributed by atoms with van der Waals surface area (Å²) in [4.78, 5) is 16.9. The van der Waals surface area contributed by atoms with Crippen molar-refractivity contribution in [3.05, 3.63) is 59.4 Å². The average Bonchev–Trinajstić information content (AvgIpc) is 2.94. The van der Waals surface area contributed by atoms with Gasteiger partial charge in [0.2, 0.25) is 0 Å². The fraction of sp³-hybridized carbons (Fsp3) is 0.300. The molecule has 25 heavy (non-hydrogen) atoms. The predicted octanol–water partition coefficient (Wildman–Crippen LogP) is 3.86. The molecule has 2 aromatic carbocycles. The summed E-state index contributed by atoms with van der Waals surface area (Å²) in [6.07, 6.45) is 0. The van der Waals surface area contributed by atoms with E-state index in [2.05, 4.69) is 34.8 Å². The number of ether oxygens (including phenoxy) is 1. The lowest BCUT2D eigenvalue weighted by Crippen LogP contribution is -2.22. The van der Waals surface area contributed by atoms with Gasteiger partial charge >= 0.3 is 0 Å². The molecule has 0 radical (unpaired) electrons. The molecule has 3 rings (SSSR count). The molecule has 1 N–H and O–H groups in total. The highest BCUT2D eigenvalue weighted by Crippen LogP contribution is 2.22. The lowest BCUT2D eigenvalue weighted by Gasteiger charge is -2.11. The Kier molecular flexibility index (Phi) is 4.74. The van der Waals surface area contributed by atoms with Crippen molar-refractivity contribution in [3.63, 3.8) is 0 Å². The molecule has 0 unspecified atom stereocenters. The van der Waals surface area contributed by atoms with Crippen LogP contribution in [0.25, 0.3) is 11.0 Å². The quantitative estimate of drug-likeness (QED) is 0.769. The third-order valence-electron chi connectivity index (χ3n) is 4.23. The van der Waals surface area contributed by atoms with Crippen LogP contribution in [0.3, 0.4) is 0 Å². The van der Waals surface area contributed by atoms with Gasteiger partial charge in [0, 0.05) is 18.2 Å². The number of rotatable bonds is 5. The Morgan fingerprint density at radius 1 is 1.24 bits per heavy atom. The number of imidazole rings is 1. The number of fused-ring (bicyclic) bond motifs is 1. The first-order valence-electron chi connectivity index (χ1n) is 8.39. The largest absolute Gasteiger partial charge is 0.497 e. The first-order chi connectivity index (χ1) is 12.0. The molecule has 0 aliphatic heterocycles. The van der Waals surface area contributed by atoms with Gasteiger partial charge in [0.25, 0.3) is 5.91 Å². The number of carbonyl (C=O) groups excluding carboxylic acids is 1. The summed E-state index contributed by atoms with van der Waals surface area (Å²) in [5.74, 6) is 1.55. The van der Waals surface area contributed by atoms with Gasteiger partial charge in [-0.2, -0.15) is 0 Å². The number of hydrogen-bond acceptors (Lipinski definition) is 3. The first-order valence-corrected chi connectivity index (χ1v) is 8.39. The Balaban J connectivity index is 1.76. The number of benzene rings is 2. The zero-order valence-corrected chi connectivity index (χ0v) is 15.0. The highest BCUT2D eigenvalue weighted by Gasteiger charge is 2.11. The summed E-state index contributed by atoms with van der Waals surface area (Å²) in [5, 5.41) is 2.95. The molecular formula is C20H23N3O2. The maximum Gasteiger partial charge on any atom is 0.251 e. The number of nitrogens with zero attached hydrogens (tertiary/aromatic N) is 2. The van der Waals surface area contributed by atoms with Crippen LogP contribution in [0.2, 0.25) is 0 Å². The van der Waals surface area contributed by atoms with E-state index in [1.165, 1.54) is 0 Å². The molecule has 1 aromatic heterocycles. The van der Waals surface area contributed by atoms with Crippen LogP contribution in [0.4, 0.5) is 0 Å². The van der Waals surface area contributed by atoms with Crippen molar-refractivity contribution in [1.82, 2.24) is 14.9 Å². The number of aromatic nitrogens is 2. The predicted molar refractivity (Wildman–Crippen MR) is 99.0 cm³/mol. The molecule has 5 heteroatoms. The van der Waals surface area contributed by atoms with E-state index in [1.807, 2.05) is 25.1 Å². The Labute approximate surface area is 147 Å². The van der Waals surface area contributed by atoms with Gasteiger partial charge < -0.3 is 14.6 Å². The Bertz CT molecular complexity index is 912. The van der Waals surface area contributed by atoms with Crippen LogP contribution < -0.4 is 10.1 Å². The average molecular weight is 337 g/mol. The Hall–Kier alpha value is -2.82. The van der Waals surface area contributed by atoms with E-state index >= 15 is 0 Å². The molecule has 1 heterocycles. The minimum absolute atomic E-state index is 0.122.